The summed E-state index contributed by atoms with van der Waals surface area (Å²) in [5.41, 5.74) is 6.58. The topological polar surface area (TPSA) is 86.0 Å². The molecule has 1 amide bonds. The second-order valence-corrected chi connectivity index (χ2v) is 8.93. The van der Waals surface area contributed by atoms with Crippen LogP contribution in [0.1, 0.15) is 37.3 Å². The molecule has 2 saturated heterocycles. The normalized spacial score (nSPS) is 23.8. The molecule has 0 bridgehead atoms. The average Bonchev–Trinajstić information content (AvgIpc) is 2.72. The molecule has 174 valence electrons. The number of amides is 1. The Morgan fingerprint density at radius 2 is 2.00 bits per heavy atom. The van der Waals surface area contributed by atoms with Gasteiger partial charge in [-0.25, -0.2) is 0 Å². The molecule has 2 fully saturated rings. The molecule has 1 aromatic rings. The van der Waals surface area contributed by atoms with E-state index in [9.17, 15) is 4.79 Å². The van der Waals surface area contributed by atoms with E-state index in [4.69, 9.17) is 17.3 Å². The summed E-state index contributed by atoms with van der Waals surface area (Å²) in [7, 11) is 4.02. The van der Waals surface area contributed by atoms with Gasteiger partial charge in [0.1, 0.15) is 0 Å². The number of primary amides is 1. The average molecular weight is 563 g/mol. The van der Waals surface area contributed by atoms with Crippen LogP contribution < -0.4 is 16.4 Å². The van der Waals surface area contributed by atoms with E-state index < -0.39 is 0 Å². The lowest BCUT2D eigenvalue weighted by Crippen LogP contribution is -2.51. The lowest BCUT2D eigenvalue weighted by Gasteiger charge is -2.40. The van der Waals surface area contributed by atoms with Crippen LogP contribution in [0, 0.1) is 5.92 Å². The highest BCUT2D eigenvalue weighted by molar-refractivity contribution is 14.0. The third-order valence-electron chi connectivity index (χ3n) is 6.26. The first kappa shape index (κ1) is 26.2. The fourth-order valence-electron chi connectivity index (χ4n) is 4.76. The van der Waals surface area contributed by atoms with Crippen LogP contribution in [0.4, 0.5) is 0 Å². The number of carbonyl (C=O) groups is 1. The van der Waals surface area contributed by atoms with Gasteiger partial charge in [0, 0.05) is 43.8 Å². The molecule has 0 aliphatic carbocycles. The molecule has 7 nitrogen and oxygen atoms in total. The van der Waals surface area contributed by atoms with Crippen molar-refractivity contribution in [3.05, 3.63) is 34.9 Å². The largest absolute Gasteiger partial charge is 0.369 e. The number of nitrogens with two attached hydrogens (primary N) is 1. The Morgan fingerprint density at radius 1 is 1.26 bits per heavy atom. The number of hydrogen-bond acceptors (Lipinski definition) is 4. The van der Waals surface area contributed by atoms with Gasteiger partial charge in [-0.2, -0.15) is 0 Å². The summed E-state index contributed by atoms with van der Waals surface area (Å²) >= 11 is 6.26. The molecule has 1 aromatic carbocycles. The van der Waals surface area contributed by atoms with Gasteiger partial charge in [0.05, 0.1) is 6.54 Å². The molecule has 2 unspecified atom stereocenters. The number of guanidine groups is 1. The number of aliphatic imine (C=N–C) groups is 1. The second kappa shape index (κ2) is 12.8. The number of nitrogens with zero attached hydrogens (tertiary/aromatic N) is 3. The summed E-state index contributed by atoms with van der Waals surface area (Å²) in [5, 5.41) is 7.90. The van der Waals surface area contributed by atoms with Crippen LogP contribution in [0.25, 0.3) is 0 Å². The number of piperidine rings is 2. The van der Waals surface area contributed by atoms with Crippen molar-refractivity contribution in [2.24, 2.45) is 16.6 Å². The monoisotopic (exact) mass is 562 g/mol. The van der Waals surface area contributed by atoms with E-state index in [-0.39, 0.29) is 29.9 Å². The Balaban J connectivity index is 0.00000341. The summed E-state index contributed by atoms with van der Waals surface area (Å²) < 4.78 is 0. The smallest absolute Gasteiger partial charge is 0.231 e. The number of carbonyl (C=O) groups excluding carboxylic acids is 1. The highest BCUT2D eigenvalue weighted by atomic mass is 127. The van der Waals surface area contributed by atoms with E-state index in [0.29, 0.717) is 24.5 Å². The molecule has 4 N–H and O–H groups in total. The summed E-state index contributed by atoms with van der Waals surface area (Å²) in [6, 6.07) is 8.95. The summed E-state index contributed by atoms with van der Waals surface area (Å²) in [6.45, 7) is 4.07. The van der Waals surface area contributed by atoms with Gasteiger partial charge in [-0.3, -0.25) is 19.6 Å². The van der Waals surface area contributed by atoms with E-state index in [1.165, 1.54) is 18.4 Å². The van der Waals surface area contributed by atoms with Crippen LogP contribution in [-0.4, -0.2) is 74.5 Å². The van der Waals surface area contributed by atoms with Crippen LogP contribution in [-0.2, 0) is 4.79 Å². The van der Waals surface area contributed by atoms with Crippen LogP contribution in [0.3, 0.4) is 0 Å². The predicted octanol–water partition coefficient (Wildman–Crippen LogP) is 2.46. The van der Waals surface area contributed by atoms with Crippen LogP contribution in [0.5, 0.6) is 0 Å². The Hall–Kier alpha value is -1.10. The molecule has 31 heavy (non-hydrogen) atoms. The first-order valence-corrected chi connectivity index (χ1v) is 11.3. The third kappa shape index (κ3) is 7.76. The van der Waals surface area contributed by atoms with Gasteiger partial charge in [-0.05, 0) is 62.9 Å². The maximum absolute atomic E-state index is 11.1. The molecule has 2 aliphatic heterocycles. The molecule has 3 rings (SSSR count). The summed E-state index contributed by atoms with van der Waals surface area (Å²) in [6.07, 6.45) is 4.33. The van der Waals surface area contributed by atoms with Crippen molar-refractivity contribution in [1.82, 2.24) is 20.4 Å². The second-order valence-electron chi connectivity index (χ2n) is 8.50. The zero-order valence-corrected chi connectivity index (χ0v) is 21.6. The van der Waals surface area contributed by atoms with Crippen molar-refractivity contribution in [3.8, 4) is 0 Å². The first-order valence-electron chi connectivity index (χ1n) is 10.9. The standard InChI is InChI=1S/C22H35ClN6O.HI/c1-25-22(27-19-8-11-29(12-9-19)15-20(24)30)26-14-17-6-4-10-28(2)21(17)16-5-3-7-18(23)13-16;/h3,5,7,13,17,19,21H,4,6,8-12,14-15H2,1-2H3,(H2,24,30)(H2,25,26,27);1H. The predicted molar refractivity (Wildman–Crippen MR) is 138 cm³/mol. The molecule has 2 atom stereocenters. The molecule has 9 heteroatoms. The van der Waals surface area contributed by atoms with Crippen molar-refractivity contribution in [2.75, 3.05) is 46.8 Å². The van der Waals surface area contributed by atoms with Gasteiger partial charge in [0.15, 0.2) is 5.96 Å². The minimum Gasteiger partial charge on any atom is -0.369 e. The first-order chi connectivity index (χ1) is 14.5. The van der Waals surface area contributed by atoms with E-state index in [1.54, 1.807) is 0 Å². The fraction of sp³-hybridized carbons (Fsp3) is 0.636. The van der Waals surface area contributed by atoms with Gasteiger partial charge in [-0.15, -0.1) is 24.0 Å². The highest BCUT2D eigenvalue weighted by Crippen LogP contribution is 2.35. The summed E-state index contributed by atoms with van der Waals surface area (Å²) in [5.74, 6) is 1.07. The molecular weight excluding hydrogens is 527 g/mol. The van der Waals surface area contributed by atoms with E-state index >= 15 is 0 Å². The van der Waals surface area contributed by atoms with Gasteiger partial charge >= 0.3 is 0 Å². The molecule has 2 aliphatic rings. The maximum Gasteiger partial charge on any atom is 0.231 e. The van der Waals surface area contributed by atoms with Crippen molar-refractivity contribution in [2.45, 2.75) is 37.8 Å². The Kier molecular flexibility index (Phi) is 10.8. The number of hydrogen-bond donors (Lipinski definition) is 3. The maximum atomic E-state index is 11.1. The number of halogens is 2. The molecule has 0 spiro atoms. The minimum atomic E-state index is -0.259. The van der Waals surface area contributed by atoms with Gasteiger partial charge < -0.3 is 16.4 Å². The molecule has 0 saturated carbocycles. The van der Waals surface area contributed by atoms with Gasteiger partial charge in [0.25, 0.3) is 0 Å². The van der Waals surface area contributed by atoms with Crippen molar-refractivity contribution in [1.29, 1.82) is 0 Å². The van der Waals surface area contributed by atoms with Crippen molar-refractivity contribution < 1.29 is 4.79 Å². The Bertz CT molecular complexity index is 740. The number of benzene rings is 1. The van der Waals surface area contributed by atoms with E-state index in [0.717, 1.165) is 50.0 Å². The van der Waals surface area contributed by atoms with Gasteiger partial charge in [0.2, 0.25) is 5.91 Å². The molecular formula is C22H36ClIN6O. The van der Waals surface area contributed by atoms with Crippen molar-refractivity contribution >= 4 is 47.4 Å². The zero-order valence-electron chi connectivity index (χ0n) is 18.5. The Morgan fingerprint density at radius 3 is 2.65 bits per heavy atom. The SMILES string of the molecule is CN=C(NCC1CCCN(C)C1c1cccc(Cl)c1)NC1CCN(CC(N)=O)CC1.I. The lowest BCUT2D eigenvalue weighted by molar-refractivity contribution is -0.119. The van der Waals surface area contributed by atoms with Crippen LogP contribution >= 0.6 is 35.6 Å². The molecule has 0 aromatic heterocycles. The van der Waals surface area contributed by atoms with Crippen LogP contribution in [0.2, 0.25) is 5.02 Å². The fourth-order valence-corrected chi connectivity index (χ4v) is 4.96. The number of likely N-dealkylation sites (tertiary alicyclic amines) is 2. The molecule has 0 radical (unpaired) electrons. The Labute approximate surface area is 208 Å². The molecule has 2 heterocycles. The summed E-state index contributed by atoms with van der Waals surface area (Å²) in [4.78, 5) is 20.1. The van der Waals surface area contributed by atoms with E-state index in [2.05, 4.69) is 44.6 Å². The van der Waals surface area contributed by atoms with Gasteiger partial charge in [-0.1, -0.05) is 23.7 Å². The highest BCUT2D eigenvalue weighted by Gasteiger charge is 2.31. The van der Waals surface area contributed by atoms with E-state index in [1.807, 2.05) is 19.2 Å². The zero-order chi connectivity index (χ0) is 21.5. The quantitative estimate of drug-likeness (QED) is 0.282. The minimum absolute atomic E-state index is 0. The lowest BCUT2D eigenvalue weighted by atomic mass is 9.85. The number of rotatable bonds is 6. The third-order valence-corrected chi connectivity index (χ3v) is 6.50. The number of nitrogens with one attached hydrogen (secondary N) is 2. The van der Waals surface area contributed by atoms with Crippen LogP contribution in [0.15, 0.2) is 29.3 Å². The van der Waals surface area contributed by atoms with Crippen molar-refractivity contribution in [3.63, 3.8) is 0 Å².